The molecule has 0 spiro atoms. The third-order valence-electron chi connectivity index (χ3n) is 4.42. The molecular weight excluding hydrogens is 258 g/mol. The van der Waals surface area contributed by atoms with Crippen molar-refractivity contribution in [2.24, 2.45) is 0 Å². The molecular formula is C14H25N3O3. The Kier molecular flexibility index (Phi) is 4.86. The zero-order chi connectivity index (χ0) is 14.6. The first kappa shape index (κ1) is 15.1. The number of urea groups is 1. The maximum atomic E-state index is 12.2. The zero-order valence-electron chi connectivity index (χ0n) is 12.2. The summed E-state index contributed by atoms with van der Waals surface area (Å²) in [6, 6.07) is 0.0345. The van der Waals surface area contributed by atoms with E-state index < -0.39 is 5.97 Å². The average molecular weight is 283 g/mol. The predicted molar refractivity (Wildman–Crippen MR) is 75.7 cm³/mol. The van der Waals surface area contributed by atoms with Gasteiger partial charge in [-0.1, -0.05) is 12.8 Å². The number of amides is 2. The van der Waals surface area contributed by atoms with Gasteiger partial charge in [0.1, 0.15) is 0 Å². The van der Waals surface area contributed by atoms with Gasteiger partial charge >= 0.3 is 12.0 Å². The molecule has 1 aliphatic heterocycles. The number of piperazine rings is 1. The molecule has 2 amide bonds. The lowest BCUT2D eigenvalue weighted by Gasteiger charge is -2.36. The molecule has 6 heteroatoms. The molecule has 0 aromatic heterocycles. The molecule has 0 atom stereocenters. The number of rotatable bonds is 4. The number of nitrogens with zero attached hydrogens (tertiary/aromatic N) is 2. The van der Waals surface area contributed by atoms with Crippen molar-refractivity contribution in [3.05, 3.63) is 0 Å². The zero-order valence-corrected chi connectivity index (χ0v) is 12.2. The Hall–Kier alpha value is -1.30. The van der Waals surface area contributed by atoms with E-state index in [1.165, 1.54) is 12.8 Å². The van der Waals surface area contributed by atoms with Crippen LogP contribution in [0.3, 0.4) is 0 Å². The highest BCUT2D eigenvalue weighted by molar-refractivity contribution is 5.75. The summed E-state index contributed by atoms with van der Waals surface area (Å²) in [5, 5.41) is 11.8. The molecule has 1 aliphatic carbocycles. The number of nitrogens with one attached hydrogen (secondary N) is 1. The van der Waals surface area contributed by atoms with Crippen molar-refractivity contribution in [3.63, 3.8) is 0 Å². The van der Waals surface area contributed by atoms with Crippen LogP contribution in [0, 0.1) is 0 Å². The Balaban J connectivity index is 1.73. The number of aliphatic carboxylic acids is 1. The Labute approximate surface area is 120 Å². The maximum absolute atomic E-state index is 12.2. The van der Waals surface area contributed by atoms with Gasteiger partial charge in [-0.25, -0.2) is 4.79 Å². The summed E-state index contributed by atoms with van der Waals surface area (Å²) in [6.07, 6.45) is 4.69. The number of hydrogen-bond donors (Lipinski definition) is 2. The van der Waals surface area contributed by atoms with Gasteiger partial charge in [-0.3, -0.25) is 9.69 Å². The maximum Gasteiger partial charge on any atom is 0.317 e. The molecule has 1 saturated heterocycles. The topological polar surface area (TPSA) is 72.9 Å². The van der Waals surface area contributed by atoms with Gasteiger partial charge in [-0.2, -0.15) is 0 Å². The summed E-state index contributed by atoms with van der Waals surface area (Å²) in [6.45, 7) is 5.58. The van der Waals surface area contributed by atoms with Gasteiger partial charge in [0.05, 0.1) is 6.42 Å². The van der Waals surface area contributed by atoms with Crippen molar-refractivity contribution in [2.45, 2.75) is 44.6 Å². The quantitative estimate of drug-likeness (QED) is 0.811. The fourth-order valence-corrected chi connectivity index (χ4v) is 3.05. The molecule has 20 heavy (non-hydrogen) atoms. The van der Waals surface area contributed by atoms with Crippen molar-refractivity contribution < 1.29 is 14.7 Å². The van der Waals surface area contributed by atoms with E-state index >= 15 is 0 Å². The molecule has 114 valence electrons. The number of carbonyl (C=O) groups is 2. The van der Waals surface area contributed by atoms with Crippen molar-refractivity contribution in [3.8, 4) is 0 Å². The van der Waals surface area contributed by atoms with Crippen LogP contribution in [0.5, 0.6) is 0 Å². The molecule has 2 N–H and O–H groups in total. The van der Waals surface area contributed by atoms with Gasteiger partial charge in [-0.05, 0) is 19.8 Å². The van der Waals surface area contributed by atoms with Crippen LogP contribution in [-0.2, 0) is 4.79 Å². The smallest absolute Gasteiger partial charge is 0.317 e. The lowest BCUT2D eigenvalue weighted by atomic mass is 10.0. The van der Waals surface area contributed by atoms with E-state index in [-0.39, 0.29) is 18.0 Å². The minimum absolute atomic E-state index is 0.0302. The van der Waals surface area contributed by atoms with Crippen molar-refractivity contribution >= 4 is 12.0 Å². The van der Waals surface area contributed by atoms with Gasteiger partial charge in [0.25, 0.3) is 0 Å². The van der Waals surface area contributed by atoms with Crippen LogP contribution in [0.2, 0.25) is 0 Å². The summed E-state index contributed by atoms with van der Waals surface area (Å²) in [4.78, 5) is 26.7. The van der Waals surface area contributed by atoms with Crippen LogP contribution < -0.4 is 5.32 Å². The molecule has 1 saturated carbocycles. The molecule has 0 aromatic rings. The normalized spacial score (nSPS) is 22.8. The number of carboxylic acid groups (broad SMARTS) is 1. The summed E-state index contributed by atoms with van der Waals surface area (Å²) in [5.41, 5.74) is -0.0302. The highest BCUT2D eigenvalue weighted by Gasteiger charge is 2.32. The van der Waals surface area contributed by atoms with Gasteiger partial charge in [0.2, 0.25) is 0 Å². The van der Waals surface area contributed by atoms with Gasteiger partial charge in [0, 0.05) is 38.3 Å². The van der Waals surface area contributed by atoms with Crippen LogP contribution in [-0.4, -0.2) is 65.2 Å². The lowest BCUT2D eigenvalue weighted by molar-refractivity contribution is -0.137. The van der Waals surface area contributed by atoms with E-state index in [4.69, 9.17) is 5.11 Å². The Bertz CT molecular complexity index is 359. The summed E-state index contributed by atoms with van der Waals surface area (Å²) >= 11 is 0. The standard InChI is InChI=1S/C14H25N3O3/c1-14(5-2-3-6-14)15-13(20)17-10-8-16(9-11-17)7-4-12(18)19/h2-11H2,1H3,(H,15,20)(H,18,19). The van der Waals surface area contributed by atoms with E-state index in [0.717, 1.165) is 25.9 Å². The number of carbonyl (C=O) groups excluding carboxylic acids is 1. The molecule has 2 rings (SSSR count). The molecule has 1 heterocycles. The van der Waals surface area contributed by atoms with Gasteiger partial charge < -0.3 is 15.3 Å². The Morgan fingerprint density at radius 1 is 1.15 bits per heavy atom. The first-order valence-corrected chi connectivity index (χ1v) is 7.50. The van der Waals surface area contributed by atoms with Gasteiger partial charge in [-0.15, -0.1) is 0 Å². The molecule has 0 unspecified atom stereocenters. The SMILES string of the molecule is CC1(NC(=O)N2CCN(CCC(=O)O)CC2)CCCC1. The van der Waals surface area contributed by atoms with E-state index in [2.05, 4.69) is 17.1 Å². The van der Waals surface area contributed by atoms with Crippen LogP contribution >= 0.6 is 0 Å². The lowest BCUT2D eigenvalue weighted by Crippen LogP contribution is -2.56. The largest absolute Gasteiger partial charge is 0.481 e. The van der Waals surface area contributed by atoms with E-state index in [1.54, 1.807) is 0 Å². The monoisotopic (exact) mass is 283 g/mol. The van der Waals surface area contributed by atoms with Crippen LogP contribution in [0.25, 0.3) is 0 Å². The second kappa shape index (κ2) is 6.43. The molecule has 0 radical (unpaired) electrons. The average Bonchev–Trinajstić information content (AvgIpc) is 2.83. The molecule has 0 aromatic carbocycles. The van der Waals surface area contributed by atoms with Crippen LogP contribution in [0.15, 0.2) is 0 Å². The molecule has 0 bridgehead atoms. The Morgan fingerprint density at radius 2 is 1.75 bits per heavy atom. The fourth-order valence-electron chi connectivity index (χ4n) is 3.05. The summed E-state index contributed by atoms with van der Waals surface area (Å²) < 4.78 is 0. The highest BCUT2D eigenvalue weighted by Crippen LogP contribution is 2.29. The minimum atomic E-state index is -0.765. The summed E-state index contributed by atoms with van der Waals surface area (Å²) in [5.74, 6) is -0.765. The molecule has 2 fully saturated rings. The van der Waals surface area contributed by atoms with Crippen molar-refractivity contribution in [2.75, 3.05) is 32.7 Å². The first-order chi connectivity index (χ1) is 9.48. The molecule has 6 nitrogen and oxygen atoms in total. The van der Waals surface area contributed by atoms with Gasteiger partial charge in [0.15, 0.2) is 0 Å². The minimum Gasteiger partial charge on any atom is -0.481 e. The first-order valence-electron chi connectivity index (χ1n) is 7.50. The second-order valence-electron chi connectivity index (χ2n) is 6.17. The molecule has 2 aliphatic rings. The second-order valence-corrected chi connectivity index (χ2v) is 6.17. The third-order valence-corrected chi connectivity index (χ3v) is 4.42. The van der Waals surface area contributed by atoms with Crippen molar-refractivity contribution in [1.29, 1.82) is 0 Å². The fraction of sp³-hybridized carbons (Fsp3) is 0.857. The summed E-state index contributed by atoms with van der Waals surface area (Å²) in [7, 11) is 0. The van der Waals surface area contributed by atoms with Crippen molar-refractivity contribution in [1.82, 2.24) is 15.1 Å². The number of carboxylic acids is 1. The highest BCUT2D eigenvalue weighted by atomic mass is 16.4. The number of hydrogen-bond acceptors (Lipinski definition) is 3. The third kappa shape index (κ3) is 4.10. The van der Waals surface area contributed by atoms with Crippen LogP contribution in [0.4, 0.5) is 4.79 Å². The van der Waals surface area contributed by atoms with E-state index in [1.807, 2.05) is 4.90 Å². The van der Waals surface area contributed by atoms with E-state index in [0.29, 0.717) is 19.6 Å². The van der Waals surface area contributed by atoms with Crippen LogP contribution in [0.1, 0.15) is 39.0 Å². The Morgan fingerprint density at radius 3 is 2.30 bits per heavy atom. The van der Waals surface area contributed by atoms with E-state index in [9.17, 15) is 9.59 Å². The predicted octanol–water partition coefficient (Wildman–Crippen LogP) is 1.12.